The molecule has 0 fully saturated rings. The highest BCUT2D eigenvalue weighted by Gasteiger charge is 2.02. The molecule has 2 aromatic rings. The van der Waals surface area contributed by atoms with Gasteiger partial charge in [0.2, 0.25) is 0 Å². The predicted octanol–water partition coefficient (Wildman–Crippen LogP) is 2.80. The summed E-state index contributed by atoms with van der Waals surface area (Å²) in [7, 11) is 0. The molecule has 0 unspecified atom stereocenters. The maximum absolute atomic E-state index is 8.72. The van der Waals surface area contributed by atoms with E-state index < -0.39 is 0 Å². The minimum absolute atomic E-state index is 0.300. The Morgan fingerprint density at radius 1 is 1.16 bits per heavy atom. The number of aromatic nitrogens is 1. The normalized spacial score (nSPS) is 11.1. The molecule has 0 aliphatic rings. The standard InChI is InChI=1S/C16H22N2O/c1-13-11-14(12-17-9-5-2-6-10-19)15-7-3-4-8-16(15)18-13/h3-4,7-8,11,17,19H,2,5-6,9-10,12H2,1H3. The molecule has 0 saturated heterocycles. The molecule has 19 heavy (non-hydrogen) atoms. The van der Waals surface area contributed by atoms with E-state index in [1.165, 1.54) is 10.9 Å². The van der Waals surface area contributed by atoms with E-state index in [-0.39, 0.29) is 0 Å². The van der Waals surface area contributed by atoms with Crippen molar-refractivity contribution >= 4 is 10.9 Å². The molecular weight excluding hydrogens is 236 g/mol. The molecule has 2 rings (SSSR count). The Kier molecular flexibility index (Phi) is 5.31. The Labute approximate surface area is 114 Å². The van der Waals surface area contributed by atoms with Gasteiger partial charge >= 0.3 is 0 Å². The Morgan fingerprint density at radius 2 is 2.00 bits per heavy atom. The molecule has 0 aliphatic heterocycles. The van der Waals surface area contributed by atoms with Crippen LogP contribution in [0.25, 0.3) is 10.9 Å². The van der Waals surface area contributed by atoms with Crippen LogP contribution in [-0.4, -0.2) is 23.2 Å². The number of hydrogen-bond donors (Lipinski definition) is 2. The number of aliphatic hydroxyl groups excluding tert-OH is 1. The Morgan fingerprint density at radius 3 is 2.84 bits per heavy atom. The van der Waals surface area contributed by atoms with Crippen molar-refractivity contribution in [2.45, 2.75) is 32.7 Å². The number of aryl methyl sites for hydroxylation is 1. The monoisotopic (exact) mass is 258 g/mol. The van der Waals surface area contributed by atoms with Crippen LogP contribution in [0.5, 0.6) is 0 Å². The maximum atomic E-state index is 8.72. The number of nitrogens with zero attached hydrogens (tertiary/aromatic N) is 1. The van der Waals surface area contributed by atoms with Crippen LogP contribution in [0, 0.1) is 6.92 Å². The van der Waals surface area contributed by atoms with Gasteiger partial charge in [0.25, 0.3) is 0 Å². The topological polar surface area (TPSA) is 45.1 Å². The molecule has 0 atom stereocenters. The van der Waals surface area contributed by atoms with E-state index in [0.717, 1.165) is 43.6 Å². The largest absolute Gasteiger partial charge is 0.396 e. The van der Waals surface area contributed by atoms with E-state index in [4.69, 9.17) is 5.11 Å². The summed E-state index contributed by atoms with van der Waals surface area (Å²) in [6.45, 7) is 4.21. The van der Waals surface area contributed by atoms with E-state index >= 15 is 0 Å². The number of unbranched alkanes of at least 4 members (excludes halogenated alkanes) is 2. The lowest BCUT2D eigenvalue weighted by Gasteiger charge is -2.09. The van der Waals surface area contributed by atoms with Gasteiger partial charge in [-0.2, -0.15) is 0 Å². The van der Waals surface area contributed by atoms with Gasteiger partial charge in [-0.3, -0.25) is 4.98 Å². The van der Waals surface area contributed by atoms with Gasteiger partial charge in [0.1, 0.15) is 0 Å². The highest BCUT2D eigenvalue weighted by Crippen LogP contribution is 2.17. The van der Waals surface area contributed by atoms with Crippen LogP contribution in [0.2, 0.25) is 0 Å². The summed E-state index contributed by atoms with van der Waals surface area (Å²) in [6.07, 6.45) is 3.10. The third-order valence-corrected chi connectivity index (χ3v) is 3.26. The van der Waals surface area contributed by atoms with Gasteiger partial charge in [0.15, 0.2) is 0 Å². The summed E-state index contributed by atoms with van der Waals surface area (Å²) < 4.78 is 0. The lowest BCUT2D eigenvalue weighted by atomic mass is 10.1. The van der Waals surface area contributed by atoms with Crippen molar-refractivity contribution < 1.29 is 5.11 Å². The van der Waals surface area contributed by atoms with Crippen molar-refractivity contribution in [2.75, 3.05) is 13.2 Å². The second-order valence-electron chi connectivity index (χ2n) is 4.90. The molecule has 2 N–H and O–H groups in total. The first-order valence-electron chi connectivity index (χ1n) is 6.98. The van der Waals surface area contributed by atoms with Crippen LogP contribution in [0.15, 0.2) is 30.3 Å². The molecule has 0 aliphatic carbocycles. The first-order chi connectivity index (χ1) is 9.31. The number of benzene rings is 1. The minimum Gasteiger partial charge on any atom is -0.396 e. The zero-order chi connectivity index (χ0) is 13.5. The Hall–Kier alpha value is -1.45. The van der Waals surface area contributed by atoms with Gasteiger partial charge in [0, 0.05) is 24.2 Å². The molecule has 3 nitrogen and oxygen atoms in total. The summed E-state index contributed by atoms with van der Waals surface area (Å²) in [5, 5.41) is 13.4. The van der Waals surface area contributed by atoms with Crippen molar-refractivity contribution in [3.8, 4) is 0 Å². The van der Waals surface area contributed by atoms with E-state index in [9.17, 15) is 0 Å². The number of para-hydroxylation sites is 1. The fourth-order valence-corrected chi connectivity index (χ4v) is 2.30. The van der Waals surface area contributed by atoms with Crippen molar-refractivity contribution in [3.63, 3.8) is 0 Å². The fourth-order valence-electron chi connectivity index (χ4n) is 2.30. The first kappa shape index (κ1) is 14.0. The van der Waals surface area contributed by atoms with E-state index in [1.807, 2.05) is 13.0 Å². The predicted molar refractivity (Wildman–Crippen MR) is 79.1 cm³/mol. The highest BCUT2D eigenvalue weighted by molar-refractivity contribution is 5.82. The quantitative estimate of drug-likeness (QED) is 0.751. The van der Waals surface area contributed by atoms with Crippen LogP contribution in [0.3, 0.4) is 0 Å². The molecule has 0 amide bonds. The van der Waals surface area contributed by atoms with E-state index in [0.29, 0.717) is 6.61 Å². The van der Waals surface area contributed by atoms with Crippen molar-refractivity contribution in [2.24, 2.45) is 0 Å². The average molecular weight is 258 g/mol. The second kappa shape index (κ2) is 7.22. The highest BCUT2D eigenvalue weighted by atomic mass is 16.2. The number of nitrogens with one attached hydrogen (secondary N) is 1. The summed E-state index contributed by atoms with van der Waals surface area (Å²) in [4.78, 5) is 4.55. The van der Waals surface area contributed by atoms with Crippen molar-refractivity contribution in [1.82, 2.24) is 10.3 Å². The third-order valence-electron chi connectivity index (χ3n) is 3.26. The van der Waals surface area contributed by atoms with Crippen molar-refractivity contribution in [3.05, 3.63) is 41.6 Å². The zero-order valence-corrected chi connectivity index (χ0v) is 11.5. The van der Waals surface area contributed by atoms with Gasteiger partial charge in [-0.25, -0.2) is 0 Å². The van der Waals surface area contributed by atoms with Gasteiger partial charge in [-0.05, 0) is 50.4 Å². The van der Waals surface area contributed by atoms with Crippen LogP contribution >= 0.6 is 0 Å². The summed E-state index contributed by atoms with van der Waals surface area (Å²) in [5.41, 5.74) is 3.45. The second-order valence-corrected chi connectivity index (χ2v) is 4.90. The molecule has 102 valence electrons. The third kappa shape index (κ3) is 4.01. The van der Waals surface area contributed by atoms with Crippen molar-refractivity contribution in [1.29, 1.82) is 0 Å². The van der Waals surface area contributed by atoms with Gasteiger partial charge < -0.3 is 10.4 Å². The number of hydrogen-bond acceptors (Lipinski definition) is 3. The molecule has 0 bridgehead atoms. The van der Waals surface area contributed by atoms with Gasteiger partial charge in [0.05, 0.1) is 5.52 Å². The summed E-state index contributed by atoms with van der Waals surface area (Å²) >= 11 is 0. The van der Waals surface area contributed by atoms with Crippen LogP contribution < -0.4 is 5.32 Å². The van der Waals surface area contributed by atoms with E-state index in [1.54, 1.807) is 0 Å². The number of rotatable bonds is 7. The molecule has 0 spiro atoms. The first-order valence-corrected chi connectivity index (χ1v) is 6.98. The fraction of sp³-hybridized carbons (Fsp3) is 0.438. The molecule has 0 saturated carbocycles. The lowest BCUT2D eigenvalue weighted by molar-refractivity contribution is 0.283. The minimum atomic E-state index is 0.300. The molecule has 1 aromatic carbocycles. The van der Waals surface area contributed by atoms with Crippen LogP contribution in [-0.2, 0) is 6.54 Å². The molecular formula is C16H22N2O. The average Bonchev–Trinajstić information content (AvgIpc) is 2.42. The molecule has 1 heterocycles. The number of pyridine rings is 1. The lowest BCUT2D eigenvalue weighted by Crippen LogP contribution is -2.15. The van der Waals surface area contributed by atoms with Crippen LogP contribution in [0.1, 0.15) is 30.5 Å². The summed E-state index contributed by atoms with van der Waals surface area (Å²) in [6, 6.07) is 10.4. The van der Waals surface area contributed by atoms with Gasteiger partial charge in [-0.15, -0.1) is 0 Å². The Balaban J connectivity index is 1.96. The Bertz CT molecular complexity index is 525. The molecule has 0 radical (unpaired) electrons. The van der Waals surface area contributed by atoms with Gasteiger partial charge in [-0.1, -0.05) is 18.2 Å². The number of fused-ring (bicyclic) bond motifs is 1. The SMILES string of the molecule is Cc1cc(CNCCCCCO)c2ccccc2n1. The zero-order valence-electron chi connectivity index (χ0n) is 11.5. The maximum Gasteiger partial charge on any atom is 0.0708 e. The molecule has 3 heteroatoms. The summed E-state index contributed by atoms with van der Waals surface area (Å²) in [5.74, 6) is 0. The van der Waals surface area contributed by atoms with E-state index in [2.05, 4.69) is 34.6 Å². The smallest absolute Gasteiger partial charge is 0.0708 e. The van der Waals surface area contributed by atoms with Crippen LogP contribution in [0.4, 0.5) is 0 Å². The number of aliphatic hydroxyl groups is 1. The molecule has 1 aromatic heterocycles.